The molecule has 3 heterocycles. The van der Waals surface area contributed by atoms with Crippen LogP contribution in [0.4, 0.5) is 0 Å². The first-order valence-corrected chi connectivity index (χ1v) is 11.9. The van der Waals surface area contributed by atoms with E-state index in [2.05, 4.69) is 37.6 Å². The minimum absolute atomic E-state index is 0.0485. The van der Waals surface area contributed by atoms with Gasteiger partial charge in [0.25, 0.3) is 0 Å². The SMILES string of the molecule is O=C(CSc1nnc(Cc2cccs2)n1C1CC1)NC[C@H]1COc2ccccc2O1. The van der Waals surface area contributed by atoms with Crippen LogP contribution in [0, 0.1) is 0 Å². The summed E-state index contributed by atoms with van der Waals surface area (Å²) in [7, 11) is 0. The van der Waals surface area contributed by atoms with E-state index in [1.807, 2.05) is 24.3 Å². The fourth-order valence-electron chi connectivity index (χ4n) is 3.37. The molecule has 1 amide bonds. The zero-order chi connectivity index (χ0) is 20.3. The fourth-order valence-corrected chi connectivity index (χ4v) is 4.92. The van der Waals surface area contributed by atoms with Crippen LogP contribution in [0.1, 0.15) is 29.6 Å². The maximum atomic E-state index is 12.4. The molecule has 30 heavy (non-hydrogen) atoms. The highest BCUT2D eigenvalue weighted by atomic mass is 32.2. The molecule has 1 aliphatic carbocycles. The first-order chi connectivity index (χ1) is 14.8. The average Bonchev–Trinajstić information content (AvgIpc) is 3.32. The van der Waals surface area contributed by atoms with Gasteiger partial charge in [-0.05, 0) is 36.4 Å². The van der Waals surface area contributed by atoms with Crippen LogP contribution >= 0.6 is 23.1 Å². The largest absolute Gasteiger partial charge is 0.486 e. The molecular weight excluding hydrogens is 420 g/mol. The minimum Gasteiger partial charge on any atom is -0.486 e. The molecule has 156 valence electrons. The van der Waals surface area contributed by atoms with Crippen LogP contribution in [0.3, 0.4) is 0 Å². The van der Waals surface area contributed by atoms with Crippen molar-refractivity contribution >= 4 is 29.0 Å². The molecule has 0 saturated heterocycles. The summed E-state index contributed by atoms with van der Waals surface area (Å²) < 4.78 is 13.8. The Balaban J connectivity index is 1.14. The highest BCUT2D eigenvalue weighted by Gasteiger charge is 2.30. The molecule has 3 aromatic rings. The van der Waals surface area contributed by atoms with Crippen molar-refractivity contribution in [3.8, 4) is 11.5 Å². The van der Waals surface area contributed by atoms with Crippen LogP contribution in [0.2, 0.25) is 0 Å². The quantitative estimate of drug-likeness (QED) is 0.539. The second-order valence-corrected chi connectivity index (χ2v) is 9.32. The van der Waals surface area contributed by atoms with Gasteiger partial charge in [0.15, 0.2) is 16.7 Å². The molecule has 0 bridgehead atoms. The maximum Gasteiger partial charge on any atom is 0.230 e. The fraction of sp³-hybridized carbons (Fsp3) is 0.381. The number of amides is 1. The van der Waals surface area contributed by atoms with E-state index >= 15 is 0 Å². The predicted molar refractivity (Wildman–Crippen MR) is 116 cm³/mol. The Labute approximate surface area is 182 Å². The molecule has 1 aromatic carbocycles. The van der Waals surface area contributed by atoms with E-state index in [0.717, 1.165) is 36.0 Å². The van der Waals surface area contributed by atoms with E-state index in [9.17, 15) is 4.79 Å². The van der Waals surface area contributed by atoms with Gasteiger partial charge in [-0.15, -0.1) is 21.5 Å². The molecule has 7 nitrogen and oxygen atoms in total. The first kappa shape index (κ1) is 19.4. The van der Waals surface area contributed by atoms with Gasteiger partial charge < -0.3 is 19.4 Å². The third-order valence-corrected chi connectivity index (χ3v) is 6.81. The summed E-state index contributed by atoms with van der Waals surface area (Å²) in [6.45, 7) is 0.833. The van der Waals surface area contributed by atoms with E-state index in [4.69, 9.17) is 9.47 Å². The number of hydrogen-bond acceptors (Lipinski definition) is 7. The molecule has 5 rings (SSSR count). The highest BCUT2D eigenvalue weighted by molar-refractivity contribution is 7.99. The van der Waals surface area contributed by atoms with Gasteiger partial charge in [0.1, 0.15) is 18.5 Å². The maximum absolute atomic E-state index is 12.4. The number of fused-ring (bicyclic) bond motifs is 1. The van der Waals surface area contributed by atoms with E-state index in [0.29, 0.717) is 30.7 Å². The Kier molecular flexibility index (Phi) is 5.63. The van der Waals surface area contributed by atoms with Crippen molar-refractivity contribution in [2.24, 2.45) is 0 Å². The summed E-state index contributed by atoms with van der Waals surface area (Å²) in [5.74, 6) is 2.69. The number of ether oxygens (including phenoxy) is 2. The number of carbonyl (C=O) groups excluding carboxylic acids is 1. The van der Waals surface area contributed by atoms with Crippen molar-refractivity contribution in [3.05, 3.63) is 52.5 Å². The normalized spacial score (nSPS) is 17.7. The van der Waals surface area contributed by atoms with E-state index in [1.54, 1.807) is 11.3 Å². The molecule has 0 radical (unpaired) electrons. The number of thiophene rings is 1. The summed E-state index contributed by atoms with van der Waals surface area (Å²) in [6, 6.07) is 12.2. The minimum atomic E-state index is -0.193. The van der Waals surface area contributed by atoms with Crippen molar-refractivity contribution in [1.82, 2.24) is 20.1 Å². The lowest BCUT2D eigenvalue weighted by molar-refractivity contribution is -0.119. The number of carbonyl (C=O) groups is 1. The number of rotatable bonds is 8. The molecule has 1 fully saturated rings. The van der Waals surface area contributed by atoms with Gasteiger partial charge in [-0.25, -0.2) is 0 Å². The number of thioether (sulfide) groups is 1. The average molecular weight is 443 g/mol. The van der Waals surface area contributed by atoms with Gasteiger partial charge in [-0.1, -0.05) is 30.0 Å². The lowest BCUT2D eigenvalue weighted by atomic mass is 10.2. The van der Waals surface area contributed by atoms with Gasteiger partial charge in [0, 0.05) is 17.3 Å². The van der Waals surface area contributed by atoms with Gasteiger partial charge in [0.2, 0.25) is 5.91 Å². The summed E-state index contributed by atoms with van der Waals surface area (Å²) in [6.07, 6.45) is 2.89. The van der Waals surface area contributed by atoms with E-state index in [1.165, 1.54) is 16.6 Å². The van der Waals surface area contributed by atoms with Gasteiger partial charge >= 0.3 is 0 Å². The highest BCUT2D eigenvalue weighted by Crippen LogP contribution is 2.39. The number of benzene rings is 1. The summed E-state index contributed by atoms with van der Waals surface area (Å²) in [5, 5.41) is 14.6. The summed E-state index contributed by atoms with van der Waals surface area (Å²) in [5.41, 5.74) is 0. The van der Waals surface area contributed by atoms with Crippen LogP contribution in [-0.2, 0) is 11.2 Å². The third-order valence-electron chi connectivity index (χ3n) is 4.99. The Morgan fingerprint density at radius 2 is 2.07 bits per heavy atom. The molecule has 1 aliphatic heterocycles. The number of nitrogens with zero attached hydrogens (tertiary/aromatic N) is 3. The monoisotopic (exact) mass is 442 g/mol. The smallest absolute Gasteiger partial charge is 0.230 e. The van der Waals surface area contributed by atoms with E-state index in [-0.39, 0.29) is 12.0 Å². The van der Waals surface area contributed by atoms with Gasteiger partial charge in [-0.2, -0.15) is 0 Å². The van der Waals surface area contributed by atoms with Gasteiger partial charge in [0.05, 0.1) is 12.3 Å². The Morgan fingerprint density at radius 1 is 1.20 bits per heavy atom. The predicted octanol–water partition coefficient (Wildman–Crippen LogP) is 3.31. The van der Waals surface area contributed by atoms with Crippen molar-refractivity contribution in [1.29, 1.82) is 0 Å². The summed E-state index contributed by atoms with van der Waals surface area (Å²) in [4.78, 5) is 13.7. The lowest BCUT2D eigenvalue weighted by Crippen LogP contribution is -2.41. The van der Waals surface area contributed by atoms with Crippen LogP contribution in [0.15, 0.2) is 46.9 Å². The van der Waals surface area contributed by atoms with Crippen LogP contribution in [0.25, 0.3) is 0 Å². The van der Waals surface area contributed by atoms with Crippen molar-refractivity contribution in [2.75, 3.05) is 18.9 Å². The standard InChI is InChI=1S/C21H22N4O3S2/c26-20(22-11-15-12-27-17-5-1-2-6-18(17)28-15)13-30-21-24-23-19(25(21)14-7-8-14)10-16-4-3-9-29-16/h1-6,9,14-15H,7-8,10-13H2,(H,22,26)/t15-/m0/s1. The molecule has 2 aromatic heterocycles. The van der Waals surface area contributed by atoms with Crippen molar-refractivity contribution in [3.63, 3.8) is 0 Å². The van der Waals surface area contributed by atoms with Gasteiger partial charge in [-0.3, -0.25) is 4.79 Å². The van der Waals surface area contributed by atoms with E-state index < -0.39 is 0 Å². The number of para-hydroxylation sites is 2. The number of aromatic nitrogens is 3. The number of hydrogen-bond donors (Lipinski definition) is 1. The second-order valence-electron chi connectivity index (χ2n) is 7.35. The molecule has 1 atom stereocenters. The Hall–Kier alpha value is -2.52. The third kappa shape index (κ3) is 4.46. The first-order valence-electron chi connectivity index (χ1n) is 10.0. The molecular formula is C21H22N4O3S2. The van der Waals surface area contributed by atoms with Crippen LogP contribution < -0.4 is 14.8 Å². The molecule has 1 saturated carbocycles. The lowest BCUT2D eigenvalue weighted by Gasteiger charge is -2.26. The molecule has 0 unspecified atom stereocenters. The van der Waals surface area contributed by atoms with Crippen molar-refractivity contribution in [2.45, 2.75) is 36.6 Å². The molecule has 9 heteroatoms. The Morgan fingerprint density at radius 3 is 2.87 bits per heavy atom. The zero-order valence-electron chi connectivity index (χ0n) is 16.3. The van der Waals surface area contributed by atoms with Crippen molar-refractivity contribution < 1.29 is 14.3 Å². The topological polar surface area (TPSA) is 78.3 Å². The van der Waals surface area contributed by atoms with Crippen LogP contribution in [0.5, 0.6) is 11.5 Å². The zero-order valence-corrected chi connectivity index (χ0v) is 18.0. The molecule has 0 spiro atoms. The number of nitrogens with one attached hydrogen (secondary N) is 1. The summed E-state index contributed by atoms with van der Waals surface area (Å²) >= 11 is 3.17. The molecule has 2 aliphatic rings. The second kappa shape index (κ2) is 8.69. The molecule has 1 N–H and O–H groups in total. The Bertz CT molecular complexity index is 1020. The van der Waals surface area contributed by atoms with Crippen LogP contribution in [-0.4, -0.2) is 45.7 Å².